The summed E-state index contributed by atoms with van der Waals surface area (Å²) in [6, 6.07) is 12.5. The number of halogens is 1. The van der Waals surface area contributed by atoms with Crippen molar-refractivity contribution < 1.29 is 9.21 Å². The summed E-state index contributed by atoms with van der Waals surface area (Å²) in [5.41, 5.74) is 2.50. The third kappa shape index (κ3) is 3.19. The second kappa shape index (κ2) is 6.01. The molecule has 4 nitrogen and oxygen atoms in total. The molecule has 1 heterocycles. The first-order valence-electron chi connectivity index (χ1n) is 7.06. The molecule has 0 aliphatic rings. The van der Waals surface area contributed by atoms with Gasteiger partial charge in [0.15, 0.2) is 0 Å². The van der Waals surface area contributed by atoms with Gasteiger partial charge in [-0.1, -0.05) is 33.6 Å². The van der Waals surface area contributed by atoms with Crippen LogP contribution in [0.15, 0.2) is 56.1 Å². The molecule has 0 aliphatic carbocycles. The van der Waals surface area contributed by atoms with Crippen molar-refractivity contribution in [1.82, 2.24) is 0 Å². The van der Waals surface area contributed by atoms with Gasteiger partial charge in [-0.25, -0.2) is 4.79 Å². The van der Waals surface area contributed by atoms with Crippen LogP contribution in [0.25, 0.3) is 11.0 Å². The number of carbonyl (C=O) groups is 1. The van der Waals surface area contributed by atoms with Crippen LogP contribution in [0.4, 0.5) is 5.69 Å². The number of benzene rings is 2. The molecule has 0 radical (unpaired) electrons. The van der Waals surface area contributed by atoms with E-state index >= 15 is 0 Å². The van der Waals surface area contributed by atoms with Crippen molar-refractivity contribution >= 4 is 38.5 Å². The SMILES string of the molecule is Cc1ccc(NC(=O)c2cc3cc(Br)ccc3oc2=O)c(C)c1. The molecule has 0 bridgehead atoms. The zero-order chi connectivity index (χ0) is 16.6. The van der Waals surface area contributed by atoms with Crippen molar-refractivity contribution in [3.8, 4) is 0 Å². The van der Waals surface area contributed by atoms with Gasteiger partial charge in [0.25, 0.3) is 5.91 Å². The Labute approximate surface area is 141 Å². The van der Waals surface area contributed by atoms with E-state index in [0.29, 0.717) is 16.7 Å². The van der Waals surface area contributed by atoms with Crippen molar-refractivity contribution in [2.45, 2.75) is 13.8 Å². The zero-order valence-electron chi connectivity index (χ0n) is 12.6. The highest BCUT2D eigenvalue weighted by Crippen LogP contribution is 2.20. The molecule has 3 aromatic rings. The van der Waals surface area contributed by atoms with Crippen LogP contribution < -0.4 is 10.9 Å². The number of hydrogen-bond acceptors (Lipinski definition) is 3. The standard InChI is InChI=1S/C18H14BrNO3/c1-10-3-5-15(11(2)7-10)20-17(21)14-9-12-8-13(19)4-6-16(12)23-18(14)22/h3-9H,1-2H3,(H,20,21). The smallest absolute Gasteiger partial charge is 0.349 e. The van der Waals surface area contributed by atoms with Crippen molar-refractivity contribution in [3.05, 3.63) is 74.0 Å². The van der Waals surface area contributed by atoms with E-state index in [9.17, 15) is 9.59 Å². The average Bonchev–Trinajstić information content (AvgIpc) is 2.49. The number of anilines is 1. The molecule has 23 heavy (non-hydrogen) atoms. The van der Waals surface area contributed by atoms with Gasteiger partial charge in [-0.2, -0.15) is 0 Å². The molecule has 5 heteroatoms. The number of fused-ring (bicyclic) bond motifs is 1. The van der Waals surface area contributed by atoms with Gasteiger partial charge >= 0.3 is 5.63 Å². The van der Waals surface area contributed by atoms with Crippen molar-refractivity contribution in [2.75, 3.05) is 5.32 Å². The minimum Gasteiger partial charge on any atom is -0.422 e. The largest absolute Gasteiger partial charge is 0.422 e. The molecular weight excluding hydrogens is 358 g/mol. The van der Waals surface area contributed by atoms with Crippen molar-refractivity contribution in [3.63, 3.8) is 0 Å². The molecule has 3 rings (SSSR count). The highest BCUT2D eigenvalue weighted by atomic mass is 79.9. The molecular formula is C18H14BrNO3. The fourth-order valence-electron chi connectivity index (χ4n) is 2.40. The van der Waals surface area contributed by atoms with Crippen LogP contribution in [0.5, 0.6) is 0 Å². The Bertz CT molecular complexity index is 976. The lowest BCUT2D eigenvalue weighted by molar-refractivity contribution is 0.102. The molecule has 0 saturated carbocycles. The topological polar surface area (TPSA) is 59.3 Å². The van der Waals surface area contributed by atoms with E-state index in [1.807, 2.05) is 32.0 Å². The first kappa shape index (κ1) is 15.5. The molecule has 1 N–H and O–H groups in total. The quantitative estimate of drug-likeness (QED) is 0.678. The Morgan fingerprint density at radius 2 is 1.87 bits per heavy atom. The van der Waals surface area contributed by atoms with Crippen molar-refractivity contribution in [1.29, 1.82) is 0 Å². The predicted molar refractivity (Wildman–Crippen MR) is 94.1 cm³/mol. The summed E-state index contributed by atoms with van der Waals surface area (Å²) in [5, 5.41) is 3.45. The molecule has 0 unspecified atom stereocenters. The van der Waals surface area contributed by atoms with E-state index in [2.05, 4.69) is 21.2 Å². The Morgan fingerprint density at radius 3 is 2.61 bits per heavy atom. The van der Waals surface area contributed by atoms with Crippen LogP contribution in [0.3, 0.4) is 0 Å². The summed E-state index contributed by atoms with van der Waals surface area (Å²) >= 11 is 3.36. The van der Waals surface area contributed by atoms with E-state index in [1.165, 1.54) is 0 Å². The third-order valence-electron chi connectivity index (χ3n) is 3.57. The second-order valence-corrected chi connectivity index (χ2v) is 6.32. The summed E-state index contributed by atoms with van der Waals surface area (Å²) in [6.45, 7) is 3.89. The summed E-state index contributed by atoms with van der Waals surface area (Å²) in [4.78, 5) is 24.5. The molecule has 2 aromatic carbocycles. The van der Waals surface area contributed by atoms with E-state index in [0.717, 1.165) is 15.6 Å². The fourth-order valence-corrected chi connectivity index (χ4v) is 2.77. The van der Waals surface area contributed by atoms with Crippen LogP contribution in [0, 0.1) is 13.8 Å². The van der Waals surface area contributed by atoms with Gasteiger partial charge in [0, 0.05) is 15.5 Å². The molecule has 0 atom stereocenters. The molecule has 1 aromatic heterocycles. The molecule has 0 aliphatic heterocycles. The predicted octanol–water partition coefficient (Wildman–Crippen LogP) is 4.42. The van der Waals surface area contributed by atoms with Gasteiger partial charge in [-0.3, -0.25) is 4.79 Å². The van der Waals surface area contributed by atoms with E-state index < -0.39 is 11.5 Å². The average molecular weight is 372 g/mol. The summed E-state index contributed by atoms with van der Waals surface area (Å²) in [6.07, 6.45) is 0. The maximum Gasteiger partial charge on any atom is 0.349 e. The second-order valence-electron chi connectivity index (χ2n) is 5.40. The van der Waals surface area contributed by atoms with Gasteiger partial charge in [-0.05, 0) is 49.7 Å². The van der Waals surface area contributed by atoms with E-state index in [-0.39, 0.29) is 5.56 Å². The van der Waals surface area contributed by atoms with Gasteiger partial charge < -0.3 is 9.73 Å². The number of rotatable bonds is 2. The summed E-state index contributed by atoms with van der Waals surface area (Å²) in [7, 11) is 0. The normalized spacial score (nSPS) is 10.7. The lowest BCUT2D eigenvalue weighted by Gasteiger charge is -2.09. The minimum atomic E-state index is -0.651. The molecule has 116 valence electrons. The number of carbonyl (C=O) groups excluding carboxylic acids is 1. The minimum absolute atomic E-state index is 0.0180. The number of hydrogen-bond donors (Lipinski definition) is 1. The van der Waals surface area contributed by atoms with Crippen LogP contribution in [0.1, 0.15) is 21.5 Å². The third-order valence-corrected chi connectivity index (χ3v) is 4.06. The Morgan fingerprint density at radius 1 is 1.09 bits per heavy atom. The van der Waals surface area contributed by atoms with Crippen LogP contribution in [0.2, 0.25) is 0 Å². The lowest BCUT2D eigenvalue weighted by Crippen LogP contribution is -2.21. The van der Waals surface area contributed by atoms with E-state index in [1.54, 1.807) is 24.3 Å². The van der Waals surface area contributed by atoms with Crippen LogP contribution in [-0.2, 0) is 0 Å². The van der Waals surface area contributed by atoms with Gasteiger partial charge in [-0.15, -0.1) is 0 Å². The summed E-state index contributed by atoms with van der Waals surface area (Å²) in [5.74, 6) is -0.479. The maximum absolute atomic E-state index is 12.4. The van der Waals surface area contributed by atoms with Gasteiger partial charge in [0.2, 0.25) is 0 Å². The first-order chi connectivity index (χ1) is 10.9. The molecule has 0 fully saturated rings. The highest BCUT2D eigenvalue weighted by molar-refractivity contribution is 9.10. The molecule has 0 saturated heterocycles. The Kier molecular flexibility index (Phi) is 4.05. The van der Waals surface area contributed by atoms with Gasteiger partial charge in [0.05, 0.1) is 0 Å². The monoisotopic (exact) mass is 371 g/mol. The molecule has 1 amide bonds. The lowest BCUT2D eigenvalue weighted by atomic mass is 10.1. The van der Waals surface area contributed by atoms with Gasteiger partial charge in [0.1, 0.15) is 11.1 Å². The fraction of sp³-hybridized carbons (Fsp3) is 0.111. The highest BCUT2D eigenvalue weighted by Gasteiger charge is 2.15. The Balaban J connectivity index is 2.00. The zero-order valence-corrected chi connectivity index (χ0v) is 14.2. The number of amides is 1. The summed E-state index contributed by atoms with van der Waals surface area (Å²) < 4.78 is 6.07. The number of aryl methyl sites for hydroxylation is 2. The van der Waals surface area contributed by atoms with Crippen molar-refractivity contribution in [2.24, 2.45) is 0 Å². The maximum atomic E-state index is 12.4. The van der Waals surface area contributed by atoms with Crippen LogP contribution in [-0.4, -0.2) is 5.91 Å². The Hall–Kier alpha value is -2.40. The van der Waals surface area contributed by atoms with E-state index in [4.69, 9.17) is 4.42 Å². The molecule has 0 spiro atoms. The number of nitrogens with one attached hydrogen (secondary N) is 1. The first-order valence-corrected chi connectivity index (χ1v) is 7.85. The van der Waals surface area contributed by atoms with Crippen LogP contribution >= 0.6 is 15.9 Å².